The van der Waals surface area contributed by atoms with Crippen molar-refractivity contribution in [3.63, 3.8) is 0 Å². The third-order valence-electron chi connectivity index (χ3n) is 2.92. The average molecular weight is 306 g/mol. The van der Waals surface area contributed by atoms with Gasteiger partial charge in [-0.25, -0.2) is 0 Å². The number of hydrogen-bond acceptors (Lipinski definition) is 5. The monoisotopic (exact) mass is 306 g/mol. The molecule has 0 aliphatic heterocycles. The quantitative estimate of drug-likeness (QED) is 0.805. The van der Waals surface area contributed by atoms with Crippen molar-refractivity contribution in [2.75, 3.05) is 5.32 Å². The Morgan fingerprint density at radius 2 is 1.91 bits per heavy atom. The van der Waals surface area contributed by atoms with Gasteiger partial charge in [-0.3, -0.25) is 10.1 Å². The third kappa shape index (κ3) is 3.00. The molecule has 0 saturated carbocycles. The van der Waals surface area contributed by atoms with Crippen LogP contribution in [0.2, 0.25) is 0 Å². The average Bonchev–Trinajstić information content (AvgIpc) is 3.04. The van der Waals surface area contributed by atoms with Crippen molar-refractivity contribution in [3.05, 3.63) is 65.7 Å². The van der Waals surface area contributed by atoms with E-state index in [0.717, 1.165) is 10.6 Å². The van der Waals surface area contributed by atoms with Crippen LogP contribution in [0.5, 0.6) is 0 Å². The summed E-state index contributed by atoms with van der Waals surface area (Å²) in [6.45, 7) is 0. The van der Waals surface area contributed by atoms with E-state index in [-0.39, 0.29) is 5.91 Å². The summed E-state index contributed by atoms with van der Waals surface area (Å²) >= 11 is 1.30. The minimum Gasteiger partial charge on any atom is -0.296 e. The number of anilines is 1. The molecule has 1 aromatic heterocycles. The van der Waals surface area contributed by atoms with Gasteiger partial charge >= 0.3 is 0 Å². The molecule has 0 aliphatic carbocycles. The van der Waals surface area contributed by atoms with Crippen LogP contribution in [0.3, 0.4) is 0 Å². The van der Waals surface area contributed by atoms with Gasteiger partial charge in [0.05, 0.1) is 11.6 Å². The van der Waals surface area contributed by atoms with E-state index in [4.69, 9.17) is 5.26 Å². The van der Waals surface area contributed by atoms with Crippen molar-refractivity contribution in [1.82, 2.24) is 10.2 Å². The predicted molar refractivity (Wildman–Crippen MR) is 84.5 cm³/mol. The standard InChI is InChI=1S/C16H10N4OS/c17-10-11-5-4-8-13(9-11)14(21)18-16-20-19-15(22-16)12-6-2-1-3-7-12/h1-9H,(H,18,20,21). The Morgan fingerprint density at radius 3 is 2.68 bits per heavy atom. The third-order valence-corrected chi connectivity index (χ3v) is 3.81. The topological polar surface area (TPSA) is 78.7 Å². The Bertz CT molecular complexity index is 852. The lowest BCUT2D eigenvalue weighted by molar-refractivity contribution is 0.102. The number of carbonyl (C=O) groups excluding carboxylic acids is 1. The fourth-order valence-corrected chi connectivity index (χ4v) is 2.61. The molecular formula is C16H10N4OS. The molecule has 3 rings (SSSR count). The van der Waals surface area contributed by atoms with Gasteiger partial charge in [0.25, 0.3) is 5.91 Å². The zero-order chi connectivity index (χ0) is 15.4. The number of benzene rings is 2. The van der Waals surface area contributed by atoms with Gasteiger partial charge in [-0.05, 0) is 18.2 Å². The first kappa shape index (κ1) is 13.9. The van der Waals surface area contributed by atoms with Gasteiger partial charge in [-0.2, -0.15) is 5.26 Å². The van der Waals surface area contributed by atoms with Crippen molar-refractivity contribution < 1.29 is 4.79 Å². The molecule has 0 saturated heterocycles. The number of nitrogens with one attached hydrogen (secondary N) is 1. The van der Waals surface area contributed by atoms with Crippen molar-refractivity contribution >= 4 is 22.4 Å². The second-order valence-corrected chi connectivity index (χ2v) is 5.40. The minimum absolute atomic E-state index is 0.312. The van der Waals surface area contributed by atoms with E-state index in [1.54, 1.807) is 18.2 Å². The molecule has 0 unspecified atom stereocenters. The SMILES string of the molecule is N#Cc1cccc(C(=O)Nc2nnc(-c3ccccc3)s2)c1. The summed E-state index contributed by atoms with van der Waals surface area (Å²) in [5.41, 5.74) is 1.80. The van der Waals surface area contributed by atoms with Gasteiger partial charge in [-0.1, -0.05) is 47.7 Å². The Morgan fingerprint density at radius 1 is 1.09 bits per heavy atom. The van der Waals surface area contributed by atoms with E-state index in [9.17, 15) is 4.79 Å². The Hall–Kier alpha value is -3.04. The summed E-state index contributed by atoms with van der Waals surface area (Å²) < 4.78 is 0. The zero-order valence-electron chi connectivity index (χ0n) is 11.4. The summed E-state index contributed by atoms with van der Waals surface area (Å²) in [5, 5.41) is 20.8. The largest absolute Gasteiger partial charge is 0.296 e. The Kier molecular flexibility index (Phi) is 3.90. The highest BCUT2D eigenvalue weighted by molar-refractivity contribution is 7.18. The first-order chi connectivity index (χ1) is 10.8. The Labute approximate surface area is 130 Å². The molecule has 0 fully saturated rings. The van der Waals surface area contributed by atoms with E-state index in [2.05, 4.69) is 15.5 Å². The van der Waals surface area contributed by atoms with Crippen molar-refractivity contribution in [3.8, 4) is 16.6 Å². The lowest BCUT2D eigenvalue weighted by Gasteiger charge is -2.01. The van der Waals surface area contributed by atoms with Gasteiger partial charge in [0.15, 0.2) is 0 Å². The van der Waals surface area contributed by atoms with E-state index < -0.39 is 0 Å². The first-order valence-corrected chi connectivity index (χ1v) is 7.28. The van der Waals surface area contributed by atoms with Crippen molar-refractivity contribution in [2.45, 2.75) is 0 Å². The molecule has 106 valence electrons. The highest BCUT2D eigenvalue weighted by Gasteiger charge is 2.11. The number of nitriles is 1. The number of hydrogen-bond donors (Lipinski definition) is 1. The maximum absolute atomic E-state index is 12.1. The maximum Gasteiger partial charge on any atom is 0.257 e. The second kappa shape index (κ2) is 6.16. The molecule has 1 N–H and O–H groups in total. The Balaban J connectivity index is 1.78. The normalized spacial score (nSPS) is 9.95. The van der Waals surface area contributed by atoms with Crippen molar-refractivity contribution in [2.24, 2.45) is 0 Å². The predicted octanol–water partition coefficient (Wildman–Crippen LogP) is 3.33. The molecule has 22 heavy (non-hydrogen) atoms. The maximum atomic E-state index is 12.1. The smallest absolute Gasteiger partial charge is 0.257 e. The molecule has 3 aromatic rings. The number of carbonyl (C=O) groups is 1. The number of aromatic nitrogens is 2. The van der Waals surface area contributed by atoms with Gasteiger partial charge in [-0.15, -0.1) is 10.2 Å². The summed E-state index contributed by atoms with van der Waals surface area (Å²) in [7, 11) is 0. The lowest BCUT2D eigenvalue weighted by Crippen LogP contribution is -2.11. The minimum atomic E-state index is -0.312. The molecule has 0 atom stereocenters. The fraction of sp³-hybridized carbons (Fsp3) is 0. The van der Waals surface area contributed by atoms with Crippen LogP contribution in [0, 0.1) is 11.3 Å². The summed E-state index contributed by atoms with van der Waals surface area (Å²) in [6.07, 6.45) is 0. The van der Waals surface area contributed by atoms with E-state index in [1.165, 1.54) is 17.4 Å². The number of amides is 1. The van der Waals surface area contributed by atoms with E-state index in [1.807, 2.05) is 36.4 Å². The van der Waals surface area contributed by atoms with Crippen LogP contribution in [0.1, 0.15) is 15.9 Å². The fourth-order valence-electron chi connectivity index (χ4n) is 1.87. The number of rotatable bonds is 3. The van der Waals surface area contributed by atoms with Crippen LogP contribution >= 0.6 is 11.3 Å². The van der Waals surface area contributed by atoms with Crippen molar-refractivity contribution in [1.29, 1.82) is 5.26 Å². The molecule has 0 spiro atoms. The van der Waals surface area contributed by atoms with Crippen LogP contribution in [0.15, 0.2) is 54.6 Å². The highest BCUT2D eigenvalue weighted by Crippen LogP contribution is 2.26. The first-order valence-electron chi connectivity index (χ1n) is 6.47. The molecule has 1 amide bonds. The molecule has 2 aromatic carbocycles. The second-order valence-electron chi connectivity index (χ2n) is 4.43. The summed E-state index contributed by atoms with van der Waals surface area (Å²) in [5.74, 6) is -0.312. The molecule has 6 heteroatoms. The summed E-state index contributed by atoms with van der Waals surface area (Å²) in [6, 6.07) is 18.1. The van der Waals surface area contributed by atoms with Crippen LogP contribution in [-0.2, 0) is 0 Å². The van der Waals surface area contributed by atoms with Gasteiger partial charge in [0.1, 0.15) is 5.01 Å². The molecule has 1 heterocycles. The molecule has 0 radical (unpaired) electrons. The van der Waals surface area contributed by atoms with Crippen LogP contribution < -0.4 is 5.32 Å². The van der Waals surface area contributed by atoms with Crippen LogP contribution in [-0.4, -0.2) is 16.1 Å². The van der Waals surface area contributed by atoms with Gasteiger partial charge in [0, 0.05) is 11.1 Å². The molecular weight excluding hydrogens is 296 g/mol. The summed E-state index contributed by atoms with van der Waals surface area (Å²) in [4.78, 5) is 12.1. The zero-order valence-corrected chi connectivity index (χ0v) is 12.2. The molecule has 0 aliphatic rings. The highest BCUT2D eigenvalue weighted by atomic mass is 32.1. The van der Waals surface area contributed by atoms with Gasteiger partial charge < -0.3 is 0 Å². The molecule has 5 nitrogen and oxygen atoms in total. The van der Waals surface area contributed by atoms with Gasteiger partial charge in [0.2, 0.25) is 5.13 Å². The lowest BCUT2D eigenvalue weighted by atomic mass is 10.1. The number of nitrogens with zero attached hydrogens (tertiary/aromatic N) is 3. The van der Waals surface area contributed by atoms with Crippen LogP contribution in [0.4, 0.5) is 5.13 Å². The van der Waals surface area contributed by atoms with Crippen LogP contribution in [0.25, 0.3) is 10.6 Å². The van der Waals surface area contributed by atoms with E-state index >= 15 is 0 Å². The van der Waals surface area contributed by atoms with E-state index in [0.29, 0.717) is 16.3 Å². The molecule has 0 bridgehead atoms.